The molecule has 0 saturated heterocycles. The van der Waals surface area contributed by atoms with Gasteiger partial charge in [-0.25, -0.2) is 4.79 Å². The number of carbonyl (C=O) groups is 1. The Morgan fingerprint density at radius 2 is 2.20 bits per heavy atom. The van der Waals surface area contributed by atoms with Gasteiger partial charge in [-0.2, -0.15) is 5.26 Å². The molecule has 0 aliphatic carbocycles. The minimum absolute atomic E-state index is 0.0544. The maximum absolute atomic E-state index is 12.1. The van der Waals surface area contributed by atoms with Crippen LogP contribution in [0.15, 0.2) is 45.8 Å². The molecule has 0 spiro atoms. The Balaban J connectivity index is 2.14. The van der Waals surface area contributed by atoms with Crippen molar-refractivity contribution in [1.82, 2.24) is 4.57 Å². The highest BCUT2D eigenvalue weighted by Crippen LogP contribution is 2.17. The number of methoxy groups -OCH3 is 1. The number of ether oxygens (including phenoxy) is 2. The van der Waals surface area contributed by atoms with Gasteiger partial charge in [0.1, 0.15) is 30.1 Å². The third-order valence-corrected chi connectivity index (χ3v) is 3.77. The molecule has 1 heterocycles. The first-order chi connectivity index (χ1) is 11.9. The number of halogens is 1. The fourth-order valence-corrected chi connectivity index (χ4v) is 2.49. The lowest BCUT2D eigenvalue weighted by Crippen LogP contribution is -2.32. The predicted molar refractivity (Wildman–Crippen MR) is 92.4 cm³/mol. The van der Waals surface area contributed by atoms with E-state index in [0.717, 1.165) is 15.1 Å². The van der Waals surface area contributed by atoms with Crippen molar-refractivity contribution in [2.24, 2.45) is 0 Å². The molecule has 0 fully saturated rings. The summed E-state index contributed by atoms with van der Waals surface area (Å²) in [5, 5.41) is 19.1. The van der Waals surface area contributed by atoms with Crippen LogP contribution < -0.4 is 10.3 Å². The number of carbonyl (C=O) groups excluding carboxylic acids is 1. The maximum Gasteiger partial charge on any atom is 0.339 e. The Kier molecular flexibility index (Phi) is 6.33. The number of nitriles is 1. The number of pyridine rings is 1. The lowest BCUT2D eigenvalue weighted by Gasteiger charge is -2.15. The van der Waals surface area contributed by atoms with Gasteiger partial charge in [0, 0.05) is 10.7 Å². The lowest BCUT2D eigenvalue weighted by molar-refractivity contribution is 0.0597. The molecule has 1 aromatic carbocycles. The SMILES string of the molecule is COC(=O)c1cc(C#N)c(=O)n(CC(O)COc2cccc(Br)c2)c1. The summed E-state index contributed by atoms with van der Waals surface area (Å²) >= 11 is 3.31. The van der Waals surface area contributed by atoms with E-state index in [9.17, 15) is 14.7 Å². The van der Waals surface area contributed by atoms with Crippen LogP contribution in [0.25, 0.3) is 0 Å². The Bertz CT molecular complexity index is 872. The third kappa shape index (κ3) is 4.92. The second-order valence-corrected chi connectivity index (χ2v) is 6.04. The molecule has 7 nitrogen and oxygen atoms in total. The molecule has 8 heteroatoms. The lowest BCUT2D eigenvalue weighted by atomic mass is 10.2. The summed E-state index contributed by atoms with van der Waals surface area (Å²) in [6.07, 6.45) is 0.230. The van der Waals surface area contributed by atoms with E-state index in [1.165, 1.54) is 13.3 Å². The van der Waals surface area contributed by atoms with Gasteiger partial charge < -0.3 is 19.1 Å². The zero-order valence-corrected chi connectivity index (χ0v) is 14.9. The molecule has 130 valence electrons. The highest BCUT2D eigenvalue weighted by atomic mass is 79.9. The molecule has 0 radical (unpaired) electrons. The van der Waals surface area contributed by atoms with Crippen molar-refractivity contribution >= 4 is 21.9 Å². The second kappa shape index (κ2) is 8.46. The summed E-state index contributed by atoms with van der Waals surface area (Å²) in [6, 6.07) is 9.99. The van der Waals surface area contributed by atoms with Crippen LogP contribution in [0.4, 0.5) is 0 Å². The van der Waals surface area contributed by atoms with Crippen molar-refractivity contribution in [3.8, 4) is 11.8 Å². The van der Waals surface area contributed by atoms with Gasteiger partial charge in [-0.05, 0) is 24.3 Å². The van der Waals surface area contributed by atoms with Crippen molar-refractivity contribution in [3.63, 3.8) is 0 Å². The number of aliphatic hydroxyl groups excluding tert-OH is 1. The largest absolute Gasteiger partial charge is 0.491 e. The number of aromatic nitrogens is 1. The van der Waals surface area contributed by atoms with Crippen molar-refractivity contribution in [3.05, 3.63) is 62.5 Å². The molecule has 0 bridgehead atoms. The number of hydrogen-bond donors (Lipinski definition) is 1. The number of benzene rings is 1. The van der Waals surface area contributed by atoms with Crippen LogP contribution in [0.5, 0.6) is 5.75 Å². The van der Waals surface area contributed by atoms with Crippen LogP contribution >= 0.6 is 15.9 Å². The summed E-state index contributed by atoms with van der Waals surface area (Å²) < 4.78 is 12.0. The average Bonchev–Trinajstić information content (AvgIpc) is 2.61. The molecular formula is C17H15BrN2O5. The van der Waals surface area contributed by atoms with Crippen molar-refractivity contribution in [2.45, 2.75) is 12.6 Å². The van der Waals surface area contributed by atoms with Crippen molar-refractivity contribution in [1.29, 1.82) is 5.26 Å². The average molecular weight is 407 g/mol. The standard InChI is InChI=1S/C17H15BrN2O5/c1-24-17(23)12-5-11(7-19)16(22)20(8-12)9-14(21)10-25-15-4-2-3-13(18)6-15/h2-6,8,14,21H,9-10H2,1H3. The summed E-state index contributed by atoms with van der Waals surface area (Å²) in [5.74, 6) is -0.119. The van der Waals surface area contributed by atoms with Gasteiger partial charge in [0.05, 0.1) is 19.2 Å². The zero-order chi connectivity index (χ0) is 18.4. The minimum Gasteiger partial charge on any atom is -0.491 e. The topological polar surface area (TPSA) is 102 Å². The van der Waals surface area contributed by atoms with Crippen molar-refractivity contribution < 1.29 is 19.4 Å². The Hall–Kier alpha value is -2.63. The Morgan fingerprint density at radius 3 is 2.84 bits per heavy atom. The number of nitrogens with zero attached hydrogens (tertiary/aromatic N) is 2. The summed E-state index contributed by atoms with van der Waals surface area (Å²) in [5.41, 5.74) is -0.751. The maximum atomic E-state index is 12.1. The first-order valence-corrected chi connectivity index (χ1v) is 8.03. The van der Waals surface area contributed by atoms with Gasteiger partial charge in [-0.3, -0.25) is 4.79 Å². The molecule has 2 rings (SSSR count). The molecule has 0 aliphatic heterocycles. The van der Waals surface area contributed by atoms with Gasteiger partial charge in [0.2, 0.25) is 0 Å². The smallest absolute Gasteiger partial charge is 0.339 e. The molecule has 1 N–H and O–H groups in total. The van der Waals surface area contributed by atoms with Gasteiger partial charge in [-0.15, -0.1) is 0 Å². The van der Waals surface area contributed by atoms with E-state index in [2.05, 4.69) is 20.7 Å². The van der Waals surface area contributed by atoms with Crippen LogP contribution in [0.1, 0.15) is 15.9 Å². The van der Waals surface area contributed by atoms with Crippen molar-refractivity contribution in [2.75, 3.05) is 13.7 Å². The van der Waals surface area contributed by atoms with Gasteiger partial charge in [0.15, 0.2) is 0 Å². The summed E-state index contributed by atoms with van der Waals surface area (Å²) in [7, 11) is 1.20. The number of rotatable bonds is 6. The highest BCUT2D eigenvalue weighted by Gasteiger charge is 2.15. The number of esters is 1. The van der Waals surface area contributed by atoms with E-state index in [-0.39, 0.29) is 24.3 Å². The normalized spacial score (nSPS) is 11.4. The first kappa shape index (κ1) is 18.7. The first-order valence-electron chi connectivity index (χ1n) is 7.24. The van der Waals surface area contributed by atoms with Gasteiger partial charge in [-0.1, -0.05) is 22.0 Å². The Labute approximate surface area is 152 Å². The zero-order valence-electron chi connectivity index (χ0n) is 13.3. The van der Waals surface area contributed by atoms with Gasteiger partial charge in [0.25, 0.3) is 5.56 Å². The second-order valence-electron chi connectivity index (χ2n) is 5.13. The Morgan fingerprint density at radius 1 is 1.44 bits per heavy atom. The molecule has 1 aromatic heterocycles. The van der Waals surface area contributed by atoms with E-state index < -0.39 is 17.6 Å². The fraction of sp³-hybridized carbons (Fsp3) is 0.235. The van der Waals surface area contributed by atoms with Crippen LogP contribution in [0, 0.1) is 11.3 Å². The third-order valence-electron chi connectivity index (χ3n) is 3.27. The van der Waals surface area contributed by atoms with E-state index in [0.29, 0.717) is 5.75 Å². The molecule has 25 heavy (non-hydrogen) atoms. The minimum atomic E-state index is -1.02. The molecule has 0 saturated carbocycles. The van der Waals surface area contributed by atoms with E-state index in [4.69, 9.17) is 10.00 Å². The van der Waals surface area contributed by atoms with Crippen LogP contribution in [0.2, 0.25) is 0 Å². The van der Waals surface area contributed by atoms with E-state index in [1.807, 2.05) is 6.07 Å². The van der Waals surface area contributed by atoms with Crippen LogP contribution in [0.3, 0.4) is 0 Å². The number of hydrogen-bond acceptors (Lipinski definition) is 6. The van der Waals surface area contributed by atoms with Crippen LogP contribution in [-0.2, 0) is 11.3 Å². The fourth-order valence-electron chi connectivity index (χ4n) is 2.11. The molecule has 1 unspecified atom stereocenters. The monoisotopic (exact) mass is 406 g/mol. The molecular weight excluding hydrogens is 392 g/mol. The summed E-state index contributed by atoms with van der Waals surface area (Å²) in [6.45, 7) is -0.195. The quantitative estimate of drug-likeness (QED) is 0.732. The molecule has 0 aliphatic rings. The predicted octanol–water partition coefficient (Wildman–Crippen LogP) is 1.71. The van der Waals surface area contributed by atoms with Gasteiger partial charge >= 0.3 is 5.97 Å². The molecule has 0 amide bonds. The molecule has 2 aromatic rings. The molecule has 1 atom stereocenters. The number of aliphatic hydroxyl groups is 1. The van der Waals surface area contributed by atoms with Crippen LogP contribution in [-0.4, -0.2) is 35.5 Å². The summed E-state index contributed by atoms with van der Waals surface area (Å²) in [4.78, 5) is 23.8. The highest BCUT2D eigenvalue weighted by molar-refractivity contribution is 9.10. The van der Waals surface area contributed by atoms with E-state index in [1.54, 1.807) is 24.3 Å². The van der Waals surface area contributed by atoms with E-state index >= 15 is 0 Å².